The maximum absolute atomic E-state index is 6.08. The summed E-state index contributed by atoms with van der Waals surface area (Å²) in [5.74, 6) is 0. The van der Waals surface area contributed by atoms with E-state index in [1.54, 1.807) is 0 Å². The highest BCUT2D eigenvalue weighted by Crippen LogP contribution is 2.33. The molecule has 0 amide bonds. The van der Waals surface area contributed by atoms with Crippen LogP contribution in [0.4, 0.5) is 0 Å². The number of hydrogen-bond acceptors (Lipinski definition) is 4. The number of aromatic nitrogens is 2. The quantitative estimate of drug-likeness (QED) is 0.793. The highest BCUT2D eigenvalue weighted by molar-refractivity contribution is 5.85. The number of nitrogens with two attached hydrogens (primary N) is 1. The van der Waals surface area contributed by atoms with Crippen molar-refractivity contribution in [3.8, 4) is 0 Å². The molecule has 1 aliphatic carbocycles. The summed E-state index contributed by atoms with van der Waals surface area (Å²) in [5.41, 5.74) is 10.9. The number of aryl methyl sites for hydroxylation is 1. The average molecular weight is 332 g/mol. The van der Waals surface area contributed by atoms with E-state index < -0.39 is 0 Å². The van der Waals surface area contributed by atoms with E-state index in [1.165, 1.54) is 23.1 Å². The van der Waals surface area contributed by atoms with E-state index in [4.69, 9.17) is 10.7 Å². The fraction of sp³-hybridized carbons (Fsp3) is 0.333. The van der Waals surface area contributed by atoms with Gasteiger partial charge in [-0.2, -0.15) is 0 Å². The summed E-state index contributed by atoms with van der Waals surface area (Å²) in [4.78, 5) is 11.8. The lowest BCUT2D eigenvalue weighted by Gasteiger charge is -2.32. The number of rotatable bonds is 4. The Labute approximate surface area is 148 Å². The molecule has 0 fully saturated rings. The second kappa shape index (κ2) is 6.90. The zero-order valence-electron chi connectivity index (χ0n) is 14.7. The Bertz CT molecular complexity index is 890. The van der Waals surface area contributed by atoms with Crippen LogP contribution in [-0.2, 0) is 19.5 Å². The SMILES string of the molecule is CN(Cc1ncc2ccccc2c1CN)[C@H]1CCCc2cccnc21. The topological polar surface area (TPSA) is 55.0 Å². The maximum Gasteiger partial charge on any atom is 0.0607 e. The third-order valence-electron chi connectivity index (χ3n) is 5.29. The Morgan fingerprint density at radius 3 is 2.92 bits per heavy atom. The zero-order valence-corrected chi connectivity index (χ0v) is 14.7. The van der Waals surface area contributed by atoms with Crippen LogP contribution in [0.5, 0.6) is 0 Å². The van der Waals surface area contributed by atoms with Gasteiger partial charge < -0.3 is 5.73 Å². The third kappa shape index (κ3) is 3.03. The van der Waals surface area contributed by atoms with Crippen molar-refractivity contribution >= 4 is 10.8 Å². The second-order valence-electron chi connectivity index (χ2n) is 6.85. The molecular weight excluding hydrogens is 308 g/mol. The van der Waals surface area contributed by atoms with Gasteiger partial charge in [-0.25, -0.2) is 0 Å². The van der Waals surface area contributed by atoms with Crippen molar-refractivity contribution in [1.82, 2.24) is 14.9 Å². The van der Waals surface area contributed by atoms with Gasteiger partial charge in [-0.1, -0.05) is 30.3 Å². The van der Waals surface area contributed by atoms with Gasteiger partial charge in [-0.3, -0.25) is 14.9 Å². The first-order valence-corrected chi connectivity index (χ1v) is 8.97. The predicted molar refractivity (Wildman–Crippen MR) is 101 cm³/mol. The minimum absolute atomic E-state index is 0.351. The van der Waals surface area contributed by atoms with Crippen LogP contribution in [0, 0.1) is 0 Å². The van der Waals surface area contributed by atoms with E-state index in [0.717, 1.165) is 36.0 Å². The van der Waals surface area contributed by atoms with E-state index in [2.05, 4.69) is 41.2 Å². The summed E-state index contributed by atoms with van der Waals surface area (Å²) in [6, 6.07) is 12.9. The van der Waals surface area contributed by atoms with Crippen LogP contribution in [-0.4, -0.2) is 21.9 Å². The lowest BCUT2D eigenvalue weighted by Crippen LogP contribution is -2.29. The Hall–Kier alpha value is -2.30. The molecule has 2 heterocycles. The Morgan fingerprint density at radius 1 is 1.16 bits per heavy atom. The summed E-state index contributed by atoms with van der Waals surface area (Å²) in [6.07, 6.45) is 7.36. The second-order valence-corrected chi connectivity index (χ2v) is 6.85. The zero-order chi connectivity index (χ0) is 17.2. The molecular formula is C21H24N4. The van der Waals surface area contributed by atoms with Crippen LogP contribution >= 0.6 is 0 Å². The first-order valence-electron chi connectivity index (χ1n) is 8.97. The molecule has 2 aromatic heterocycles. The molecule has 0 spiro atoms. The number of pyridine rings is 2. The highest BCUT2D eigenvalue weighted by Gasteiger charge is 2.25. The molecule has 0 radical (unpaired) electrons. The van der Waals surface area contributed by atoms with Gasteiger partial charge in [0, 0.05) is 30.9 Å². The van der Waals surface area contributed by atoms with Crippen LogP contribution in [0.25, 0.3) is 10.8 Å². The molecule has 1 atom stereocenters. The van der Waals surface area contributed by atoms with Gasteiger partial charge in [-0.15, -0.1) is 0 Å². The normalized spacial score (nSPS) is 17.0. The van der Waals surface area contributed by atoms with Crippen LogP contribution in [0.3, 0.4) is 0 Å². The molecule has 128 valence electrons. The Balaban J connectivity index is 1.66. The van der Waals surface area contributed by atoms with Crippen molar-refractivity contribution in [3.63, 3.8) is 0 Å². The Morgan fingerprint density at radius 2 is 2.04 bits per heavy atom. The third-order valence-corrected chi connectivity index (χ3v) is 5.29. The molecule has 4 rings (SSSR count). The molecule has 0 unspecified atom stereocenters. The highest BCUT2D eigenvalue weighted by atomic mass is 15.1. The van der Waals surface area contributed by atoms with Crippen molar-refractivity contribution in [2.45, 2.75) is 38.4 Å². The van der Waals surface area contributed by atoms with E-state index >= 15 is 0 Å². The van der Waals surface area contributed by atoms with Crippen molar-refractivity contribution < 1.29 is 0 Å². The standard InChI is InChI=1S/C21H24N4/c1-25(20-10-4-7-15-8-5-11-23-21(15)20)14-19-18(12-22)17-9-3-2-6-16(17)13-24-19/h2-3,5-6,8-9,11,13,20H,4,7,10,12,14,22H2,1H3/t20-/m0/s1. The van der Waals surface area contributed by atoms with E-state index in [1.807, 2.05) is 24.5 Å². The molecule has 2 N–H and O–H groups in total. The lowest BCUT2D eigenvalue weighted by molar-refractivity contribution is 0.206. The molecule has 25 heavy (non-hydrogen) atoms. The smallest absolute Gasteiger partial charge is 0.0607 e. The van der Waals surface area contributed by atoms with Gasteiger partial charge in [0.2, 0.25) is 0 Å². The molecule has 4 heteroatoms. The first-order chi connectivity index (χ1) is 12.3. The summed E-state index contributed by atoms with van der Waals surface area (Å²) < 4.78 is 0. The number of hydrogen-bond donors (Lipinski definition) is 1. The summed E-state index contributed by atoms with van der Waals surface area (Å²) in [5, 5.41) is 2.37. The molecule has 0 aliphatic heterocycles. The van der Waals surface area contributed by atoms with Crippen molar-refractivity contribution in [1.29, 1.82) is 0 Å². The van der Waals surface area contributed by atoms with Crippen LogP contribution in [0.15, 0.2) is 48.8 Å². The summed E-state index contributed by atoms with van der Waals surface area (Å²) in [6.45, 7) is 1.30. The predicted octanol–water partition coefficient (Wildman–Crippen LogP) is 3.60. The molecule has 1 aromatic carbocycles. The minimum Gasteiger partial charge on any atom is -0.326 e. The fourth-order valence-corrected chi connectivity index (χ4v) is 3.99. The van der Waals surface area contributed by atoms with Gasteiger partial charge in [-0.05, 0) is 48.9 Å². The largest absolute Gasteiger partial charge is 0.326 e. The average Bonchev–Trinajstić information content (AvgIpc) is 2.67. The number of nitrogens with zero attached hydrogens (tertiary/aromatic N) is 3. The lowest BCUT2D eigenvalue weighted by atomic mass is 9.91. The van der Waals surface area contributed by atoms with E-state index in [0.29, 0.717) is 12.6 Å². The van der Waals surface area contributed by atoms with Crippen molar-refractivity contribution in [2.24, 2.45) is 5.73 Å². The molecule has 0 saturated carbocycles. The van der Waals surface area contributed by atoms with Crippen LogP contribution in [0.2, 0.25) is 0 Å². The van der Waals surface area contributed by atoms with Crippen molar-refractivity contribution in [2.75, 3.05) is 7.05 Å². The molecule has 4 nitrogen and oxygen atoms in total. The molecule has 3 aromatic rings. The van der Waals surface area contributed by atoms with E-state index in [-0.39, 0.29) is 0 Å². The molecule has 1 aliphatic rings. The van der Waals surface area contributed by atoms with Crippen LogP contribution < -0.4 is 5.73 Å². The fourth-order valence-electron chi connectivity index (χ4n) is 3.99. The van der Waals surface area contributed by atoms with Gasteiger partial charge >= 0.3 is 0 Å². The maximum atomic E-state index is 6.08. The van der Waals surface area contributed by atoms with E-state index in [9.17, 15) is 0 Å². The van der Waals surface area contributed by atoms with Crippen LogP contribution in [0.1, 0.15) is 41.4 Å². The van der Waals surface area contributed by atoms with Gasteiger partial charge in [0.05, 0.1) is 17.4 Å². The summed E-state index contributed by atoms with van der Waals surface area (Å²) >= 11 is 0. The molecule has 0 saturated heterocycles. The Kier molecular flexibility index (Phi) is 4.47. The van der Waals surface area contributed by atoms with Gasteiger partial charge in [0.1, 0.15) is 0 Å². The minimum atomic E-state index is 0.351. The number of benzene rings is 1. The molecule has 0 bridgehead atoms. The van der Waals surface area contributed by atoms with Gasteiger partial charge in [0.25, 0.3) is 0 Å². The first kappa shape index (κ1) is 16.2. The number of fused-ring (bicyclic) bond motifs is 2. The summed E-state index contributed by atoms with van der Waals surface area (Å²) in [7, 11) is 2.17. The van der Waals surface area contributed by atoms with Crippen molar-refractivity contribution in [3.05, 3.63) is 71.3 Å². The van der Waals surface area contributed by atoms with Gasteiger partial charge in [0.15, 0.2) is 0 Å². The monoisotopic (exact) mass is 332 g/mol.